The number of anilines is 1. The van der Waals surface area contributed by atoms with E-state index in [-0.39, 0.29) is 12.3 Å². The number of aromatic nitrogens is 2. The van der Waals surface area contributed by atoms with Crippen molar-refractivity contribution in [2.24, 2.45) is 0 Å². The number of amides is 1. The average molecular weight is 418 g/mol. The van der Waals surface area contributed by atoms with Gasteiger partial charge in [0.1, 0.15) is 5.01 Å². The molecular weight excluding hydrogens is 406 g/mol. The van der Waals surface area contributed by atoms with E-state index in [1.54, 1.807) is 22.7 Å². The molecule has 0 spiro atoms. The number of nitrogens with zero attached hydrogens (tertiary/aromatic N) is 2. The molecule has 0 atom stereocenters. The van der Waals surface area contributed by atoms with E-state index in [9.17, 15) is 4.79 Å². The Bertz CT molecular complexity index is 1020. The number of hydrogen-bond acceptors (Lipinski definition) is 6. The zero-order valence-electron chi connectivity index (χ0n) is 13.3. The number of thiazole rings is 2. The Kier molecular flexibility index (Phi) is 5.12. The lowest BCUT2D eigenvalue weighted by Crippen LogP contribution is -2.14. The summed E-state index contributed by atoms with van der Waals surface area (Å²) in [5, 5.41) is 10.9. The van der Waals surface area contributed by atoms with E-state index in [4.69, 9.17) is 11.6 Å². The summed E-state index contributed by atoms with van der Waals surface area (Å²) in [6.07, 6.45) is 0.234. The van der Waals surface area contributed by atoms with Gasteiger partial charge in [0.2, 0.25) is 5.91 Å². The summed E-state index contributed by atoms with van der Waals surface area (Å²) in [6.45, 7) is 0. The van der Waals surface area contributed by atoms with Gasteiger partial charge in [-0.3, -0.25) is 4.79 Å². The van der Waals surface area contributed by atoms with Crippen molar-refractivity contribution in [3.05, 3.63) is 63.3 Å². The Morgan fingerprint density at radius 1 is 1.04 bits per heavy atom. The van der Waals surface area contributed by atoms with E-state index in [0.717, 1.165) is 26.8 Å². The van der Waals surface area contributed by atoms with Crippen LogP contribution in [0.25, 0.3) is 21.1 Å². The van der Waals surface area contributed by atoms with Crippen LogP contribution in [0.1, 0.15) is 5.69 Å². The second-order valence-electron chi connectivity index (χ2n) is 5.39. The molecule has 0 aliphatic carbocycles. The molecule has 3 heterocycles. The molecule has 0 fully saturated rings. The zero-order valence-corrected chi connectivity index (χ0v) is 16.5. The van der Waals surface area contributed by atoms with Crippen LogP contribution in [0, 0.1) is 0 Å². The topological polar surface area (TPSA) is 54.9 Å². The molecule has 1 amide bonds. The van der Waals surface area contributed by atoms with Crippen LogP contribution in [-0.2, 0) is 11.2 Å². The van der Waals surface area contributed by atoms with E-state index in [1.165, 1.54) is 11.3 Å². The molecule has 8 heteroatoms. The van der Waals surface area contributed by atoms with Crippen molar-refractivity contribution >= 4 is 56.7 Å². The van der Waals surface area contributed by atoms with Gasteiger partial charge >= 0.3 is 0 Å². The molecule has 4 aromatic rings. The van der Waals surface area contributed by atoms with E-state index in [2.05, 4.69) is 15.3 Å². The highest BCUT2D eigenvalue weighted by molar-refractivity contribution is 7.20. The maximum atomic E-state index is 12.3. The van der Waals surface area contributed by atoms with Crippen LogP contribution in [0.3, 0.4) is 0 Å². The molecule has 130 valence electrons. The van der Waals surface area contributed by atoms with Crippen LogP contribution < -0.4 is 5.32 Å². The lowest BCUT2D eigenvalue weighted by atomic mass is 10.2. The lowest BCUT2D eigenvalue weighted by Gasteiger charge is -1.99. The second kappa shape index (κ2) is 7.67. The molecule has 3 aromatic heterocycles. The van der Waals surface area contributed by atoms with E-state index in [0.29, 0.717) is 10.2 Å². The first-order chi connectivity index (χ1) is 12.7. The first-order valence-electron chi connectivity index (χ1n) is 7.67. The molecule has 1 N–H and O–H groups in total. The van der Waals surface area contributed by atoms with Gasteiger partial charge in [0.15, 0.2) is 5.13 Å². The Morgan fingerprint density at radius 3 is 2.65 bits per heavy atom. The van der Waals surface area contributed by atoms with Crippen LogP contribution in [0.4, 0.5) is 5.13 Å². The van der Waals surface area contributed by atoms with Gasteiger partial charge in [0.25, 0.3) is 0 Å². The predicted molar refractivity (Wildman–Crippen MR) is 110 cm³/mol. The lowest BCUT2D eigenvalue weighted by molar-refractivity contribution is -0.115. The SMILES string of the molecule is O=C(Cc1csc(-c2cccs2)n1)Nc1nc(-c2ccc(Cl)cc2)cs1. The van der Waals surface area contributed by atoms with Crippen molar-refractivity contribution in [1.29, 1.82) is 0 Å². The monoisotopic (exact) mass is 417 g/mol. The minimum Gasteiger partial charge on any atom is -0.302 e. The number of nitrogens with one attached hydrogen (secondary N) is 1. The third kappa shape index (κ3) is 4.02. The molecule has 0 saturated heterocycles. The maximum Gasteiger partial charge on any atom is 0.232 e. The molecule has 26 heavy (non-hydrogen) atoms. The highest BCUT2D eigenvalue weighted by atomic mass is 35.5. The summed E-state index contributed by atoms with van der Waals surface area (Å²) >= 11 is 10.5. The van der Waals surface area contributed by atoms with E-state index >= 15 is 0 Å². The quantitative estimate of drug-likeness (QED) is 0.444. The van der Waals surface area contributed by atoms with Gasteiger partial charge in [0, 0.05) is 21.3 Å². The van der Waals surface area contributed by atoms with Crippen molar-refractivity contribution in [2.75, 3.05) is 5.32 Å². The molecular formula is C18H12ClN3OS3. The Morgan fingerprint density at radius 2 is 1.88 bits per heavy atom. The van der Waals surface area contributed by atoms with Gasteiger partial charge in [-0.15, -0.1) is 34.0 Å². The fourth-order valence-corrected chi connectivity index (χ4v) is 4.81. The predicted octanol–water partition coefficient (Wildman–Crippen LogP) is 5.83. The molecule has 0 aliphatic rings. The average Bonchev–Trinajstić information content (AvgIpc) is 3.36. The van der Waals surface area contributed by atoms with Gasteiger partial charge in [-0.2, -0.15) is 0 Å². The molecule has 4 nitrogen and oxygen atoms in total. The molecule has 4 rings (SSSR count). The first kappa shape index (κ1) is 17.4. The van der Waals surface area contributed by atoms with Crippen LogP contribution >= 0.6 is 45.6 Å². The number of rotatable bonds is 5. The summed E-state index contributed by atoms with van der Waals surface area (Å²) in [4.78, 5) is 22.4. The van der Waals surface area contributed by atoms with Crippen molar-refractivity contribution in [3.8, 4) is 21.1 Å². The smallest absolute Gasteiger partial charge is 0.232 e. The van der Waals surface area contributed by atoms with Crippen LogP contribution in [0.15, 0.2) is 52.5 Å². The second-order valence-corrected chi connectivity index (χ2v) is 8.49. The molecule has 1 aromatic carbocycles. The minimum atomic E-state index is -0.120. The van der Waals surface area contributed by atoms with Gasteiger partial charge in [-0.1, -0.05) is 29.8 Å². The molecule has 0 radical (unpaired) electrons. The van der Waals surface area contributed by atoms with Crippen molar-refractivity contribution in [3.63, 3.8) is 0 Å². The van der Waals surface area contributed by atoms with Crippen molar-refractivity contribution in [2.45, 2.75) is 6.42 Å². The number of carbonyl (C=O) groups is 1. The third-order valence-corrected chi connectivity index (χ3v) is 6.46. The van der Waals surface area contributed by atoms with Crippen LogP contribution in [0.5, 0.6) is 0 Å². The number of halogens is 1. The number of hydrogen-bond donors (Lipinski definition) is 1. The Labute approximate surface area is 167 Å². The van der Waals surface area contributed by atoms with Gasteiger partial charge in [0.05, 0.1) is 22.7 Å². The molecule has 0 saturated carbocycles. The number of thiophene rings is 1. The normalized spacial score (nSPS) is 10.8. The minimum absolute atomic E-state index is 0.120. The Balaban J connectivity index is 1.40. The molecule has 0 bridgehead atoms. The first-order valence-corrected chi connectivity index (χ1v) is 10.7. The van der Waals surface area contributed by atoms with Crippen LogP contribution in [0.2, 0.25) is 5.02 Å². The summed E-state index contributed by atoms with van der Waals surface area (Å²) in [5.74, 6) is -0.120. The summed E-state index contributed by atoms with van der Waals surface area (Å²) < 4.78 is 0. The zero-order chi connectivity index (χ0) is 17.9. The van der Waals surface area contributed by atoms with Gasteiger partial charge in [-0.25, -0.2) is 9.97 Å². The standard InChI is InChI=1S/C18H12ClN3OS3/c19-12-5-3-11(4-6-12)14-10-26-18(21-14)22-16(23)8-13-9-25-17(20-13)15-2-1-7-24-15/h1-7,9-10H,8H2,(H,21,22,23). The van der Waals surface area contributed by atoms with E-state index in [1.807, 2.05) is 52.5 Å². The summed E-state index contributed by atoms with van der Waals surface area (Å²) in [7, 11) is 0. The third-order valence-electron chi connectivity index (χ3n) is 3.52. The molecule has 0 unspecified atom stereocenters. The number of benzene rings is 1. The van der Waals surface area contributed by atoms with Gasteiger partial charge < -0.3 is 5.32 Å². The summed E-state index contributed by atoms with van der Waals surface area (Å²) in [5.41, 5.74) is 2.55. The van der Waals surface area contributed by atoms with Crippen molar-refractivity contribution in [1.82, 2.24) is 9.97 Å². The molecule has 0 aliphatic heterocycles. The van der Waals surface area contributed by atoms with Crippen molar-refractivity contribution < 1.29 is 4.79 Å². The summed E-state index contributed by atoms with van der Waals surface area (Å²) in [6, 6.07) is 11.5. The Hall–Kier alpha value is -2.06. The fourth-order valence-electron chi connectivity index (χ4n) is 2.31. The van der Waals surface area contributed by atoms with Crippen LogP contribution in [-0.4, -0.2) is 15.9 Å². The highest BCUT2D eigenvalue weighted by Crippen LogP contribution is 2.28. The highest BCUT2D eigenvalue weighted by Gasteiger charge is 2.12. The maximum absolute atomic E-state index is 12.3. The van der Waals surface area contributed by atoms with Gasteiger partial charge in [-0.05, 0) is 23.6 Å². The fraction of sp³-hybridized carbons (Fsp3) is 0.0556. The number of carbonyl (C=O) groups excluding carboxylic acids is 1. The largest absolute Gasteiger partial charge is 0.302 e. The van der Waals surface area contributed by atoms with E-state index < -0.39 is 0 Å².